The Morgan fingerprint density at radius 3 is 2.67 bits per heavy atom. The van der Waals surface area contributed by atoms with Crippen LogP contribution in [-0.4, -0.2) is 54.6 Å². The minimum atomic E-state index is -0.0306. The van der Waals surface area contributed by atoms with Gasteiger partial charge in [-0.2, -0.15) is 0 Å². The molecule has 0 aliphatic carbocycles. The molecule has 2 atom stereocenters. The third-order valence-corrected chi connectivity index (χ3v) is 3.56. The highest BCUT2D eigenvalue weighted by molar-refractivity contribution is 4.85. The fraction of sp³-hybridized carbons (Fsp3) is 1.00. The number of hydrogen-bond donors (Lipinski definition) is 1. The molecule has 1 rings (SSSR count). The molecule has 1 saturated heterocycles. The van der Waals surface area contributed by atoms with E-state index in [1.165, 1.54) is 26.1 Å². The number of likely N-dealkylation sites (N-methyl/N-ethyl adjacent to an activating group) is 1. The summed E-state index contributed by atoms with van der Waals surface area (Å²) in [7, 11) is 2.21. The molecular formula is C12H27N3. The Kier molecular flexibility index (Phi) is 4.56. The Morgan fingerprint density at radius 1 is 1.40 bits per heavy atom. The molecular weight excluding hydrogens is 186 g/mol. The van der Waals surface area contributed by atoms with E-state index in [2.05, 4.69) is 37.6 Å². The summed E-state index contributed by atoms with van der Waals surface area (Å²) < 4.78 is 0. The second-order valence-electron chi connectivity index (χ2n) is 5.44. The molecule has 0 amide bonds. The first kappa shape index (κ1) is 12.9. The number of rotatable bonds is 3. The van der Waals surface area contributed by atoms with Crippen molar-refractivity contribution in [1.82, 2.24) is 9.80 Å². The lowest BCUT2D eigenvalue weighted by atomic mass is 9.99. The predicted octanol–water partition coefficient (Wildman–Crippen LogP) is 1.14. The van der Waals surface area contributed by atoms with Crippen molar-refractivity contribution in [2.24, 2.45) is 5.73 Å². The number of nitrogens with two attached hydrogens (primary N) is 1. The molecule has 1 aliphatic rings. The molecule has 0 aromatic carbocycles. The second kappa shape index (κ2) is 5.28. The van der Waals surface area contributed by atoms with Gasteiger partial charge in [-0.05, 0) is 46.8 Å². The maximum atomic E-state index is 6.24. The van der Waals surface area contributed by atoms with Crippen molar-refractivity contribution in [3.8, 4) is 0 Å². The van der Waals surface area contributed by atoms with Crippen LogP contribution in [0.1, 0.15) is 33.6 Å². The van der Waals surface area contributed by atoms with E-state index in [4.69, 9.17) is 5.73 Å². The van der Waals surface area contributed by atoms with E-state index in [9.17, 15) is 0 Å². The fourth-order valence-electron chi connectivity index (χ4n) is 2.23. The molecule has 3 nitrogen and oxygen atoms in total. The lowest BCUT2D eigenvalue weighted by Crippen LogP contribution is -2.51. The van der Waals surface area contributed by atoms with Crippen LogP contribution in [0.2, 0.25) is 0 Å². The van der Waals surface area contributed by atoms with Crippen LogP contribution in [0.4, 0.5) is 0 Å². The summed E-state index contributed by atoms with van der Waals surface area (Å²) in [6, 6.07) is 0.631. The second-order valence-corrected chi connectivity index (χ2v) is 5.44. The topological polar surface area (TPSA) is 32.5 Å². The number of nitrogens with zero attached hydrogens (tertiary/aromatic N) is 2. The molecule has 15 heavy (non-hydrogen) atoms. The summed E-state index contributed by atoms with van der Waals surface area (Å²) >= 11 is 0. The van der Waals surface area contributed by atoms with E-state index in [0.717, 1.165) is 13.0 Å². The molecule has 0 saturated carbocycles. The van der Waals surface area contributed by atoms with Gasteiger partial charge in [0.2, 0.25) is 0 Å². The van der Waals surface area contributed by atoms with Gasteiger partial charge in [0.1, 0.15) is 0 Å². The smallest absolute Gasteiger partial charge is 0.0252 e. The van der Waals surface area contributed by atoms with Crippen LogP contribution in [0, 0.1) is 0 Å². The quantitative estimate of drug-likeness (QED) is 0.763. The van der Waals surface area contributed by atoms with Crippen LogP contribution in [0.5, 0.6) is 0 Å². The van der Waals surface area contributed by atoms with Crippen molar-refractivity contribution in [1.29, 1.82) is 0 Å². The zero-order valence-electron chi connectivity index (χ0n) is 10.8. The average molecular weight is 213 g/mol. The molecule has 0 bridgehead atoms. The predicted molar refractivity (Wildman–Crippen MR) is 66.0 cm³/mol. The molecule has 90 valence electrons. The van der Waals surface area contributed by atoms with E-state index in [0.29, 0.717) is 6.04 Å². The highest BCUT2D eigenvalue weighted by Crippen LogP contribution is 2.14. The first-order valence-corrected chi connectivity index (χ1v) is 6.16. The van der Waals surface area contributed by atoms with Gasteiger partial charge in [-0.25, -0.2) is 0 Å². The summed E-state index contributed by atoms with van der Waals surface area (Å²) in [6.07, 6.45) is 2.31. The third-order valence-electron chi connectivity index (χ3n) is 3.56. The van der Waals surface area contributed by atoms with Crippen LogP contribution >= 0.6 is 0 Å². The standard InChI is InChI=1S/C12H27N3/c1-5-12(3,13)10-15-8-6-7-14(4)9-11(15)2/h11H,5-10,13H2,1-4H3. The van der Waals surface area contributed by atoms with Crippen LogP contribution in [0.25, 0.3) is 0 Å². The van der Waals surface area contributed by atoms with Crippen molar-refractivity contribution in [3.05, 3.63) is 0 Å². The SMILES string of the molecule is CCC(C)(N)CN1CCCN(C)CC1C. The summed E-state index contributed by atoms with van der Waals surface area (Å²) in [5.74, 6) is 0. The Hall–Kier alpha value is -0.120. The van der Waals surface area contributed by atoms with E-state index < -0.39 is 0 Å². The monoisotopic (exact) mass is 213 g/mol. The summed E-state index contributed by atoms with van der Waals surface area (Å²) in [5, 5.41) is 0. The molecule has 0 aromatic heterocycles. The van der Waals surface area contributed by atoms with E-state index in [1.54, 1.807) is 0 Å². The van der Waals surface area contributed by atoms with Gasteiger partial charge < -0.3 is 10.6 Å². The summed E-state index contributed by atoms with van der Waals surface area (Å²) in [4.78, 5) is 4.97. The van der Waals surface area contributed by atoms with Gasteiger partial charge in [-0.15, -0.1) is 0 Å². The summed E-state index contributed by atoms with van der Waals surface area (Å²) in [6.45, 7) is 11.3. The highest BCUT2D eigenvalue weighted by atomic mass is 15.2. The van der Waals surface area contributed by atoms with Gasteiger partial charge in [0.25, 0.3) is 0 Å². The van der Waals surface area contributed by atoms with Crippen molar-refractivity contribution in [2.45, 2.75) is 45.2 Å². The van der Waals surface area contributed by atoms with Gasteiger partial charge in [-0.1, -0.05) is 6.92 Å². The Labute approximate surface area is 94.6 Å². The lowest BCUT2D eigenvalue weighted by molar-refractivity contribution is 0.162. The van der Waals surface area contributed by atoms with Gasteiger partial charge in [0, 0.05) is 24.7 Å². The van der Waals surface area contributed by atoms with Crippen LogP contribution in [0.15, 0.2) is 0 Å². The molecule has 1 heterocycles. The minimum Gasteiger partial charge on any atom is -0.324 e. The third kappa shape index (κ3) is 4.09. The molecule has 1 aliphatic heterocycles. The minimum absolute atomic E-state index is 0.0306. The van der Waals surface area contributed by atoms with Gasteiger partial charge in [0.05, 0.1) is 0 Å². The molecule has 1 fully saturated rings. The maximum Gasteiger partial charge on any atom is 0.0252 e. The zero-order valence-corrected chi connectivity index (χ0v) is 10.8. The number of hydrogen-bond acceptors (Lipinski definition) is 3. The van der Waals surface area contributed by atoms with Crippen LogP contribution in [-0.2, 0) is 0 Å². The van der Waals surface area contributed by atoms with Crippen molar-refractivity contribution >= 4 is 0 Å². The molecule has 3 heteroatoms. The van der Waals surface area contributed by atoms with Crippen molar-refractivity contribution in [3.63, 3.8) is 0 Å². The fourth-order valence-corrected chi connectivity index (χ4v) is 2.23. The largest absolute Gasteiger partial charge is 0.324 e. The average Bonchev–Trinajstić information content (AvgIpc) is 2.29. The zero-order chi connectivity index (χ0) is 11.5. The van der Waals surface area contributed by atoms with Gasteiger partial charge in [-0.3, -0.25) is 4.90 Å². The van der Waals surface area contributed by atoms with Gasteiger partial charge in [0.15, 0.2) is 0 Å². The van der Waals surface area contributed by atoms with E-state index in [1.807, 2.05) is 0 Å². The Balaban J connectivity index is 2.53. The Morgan fingerprint density at radius 2 is 2.07 bits per heavy atom. The molecule has 0 aromatic rings. The van der Waals surface area contributed by atoms with Crippen molar-refractivity contribution < 1.29 is 0 Å². The molecule has 0 spiro atoms. The maximum absolute atomic E-state index is 6.24. The normalized spacial score (nSPS) is 29.8. The van der Waals surface area contributed by atoms with E-state index >= 15 is 0 Å². The first-order chi connectivity index (χ1) is 6.94. The Bertz CT molecular complexity index is 191. The highest BCUT2D eigenvalue weighted by Gasteiger charge is 2.25. The van der Waals surface area contributed by atoms with Gasteiger partial charge >= 0.3 is 0 Å². The van der Waals surface area contributed by atoms with E-state index in [-0.39, 0.29) is 5.54 Å². The molecule has 2 N–H and O–H groups in total. The van der Waals surface area contributed by atoms with Crippen molar-refractivity contribution in [2.75, 3.05) is 33.2 Å². The van der Waals surface area contributed by atoms with Crippen LogP contribution in [0.3, 0.4) is 0 Å². The van der Waals surface area contributed by atoms with Crippen LogP contribution < -0.4 is 5.73 Å². The first-order valence-electron chi connectivity index (χ1n) is 6.16. The molecule has 2 unspecified atom stereocenters. The summed E-state index contributed by atoms with van der Waals surface area (Å²) in [5.41, 5.74) is 6.21. The molecule has 0 radical (unpaired) electrons. The lowest BCUT2D eigenvalue weighted by Gasteiger charge is -2.35.